The molecule has 33 heavy (non-hydrogen) atoms. The molecule has 3 N–H and O–H groups in total. The molecular weight excluding hydrogens is 414 g/mol. The van der Waals surface area contributed by atoms with Gasteiger partial charge in [-0.05, 0) is 49.1 Å². The number of anilines is 1. The van der Waals surface area contributed by atoms with Crippen molar-refractivity contribution in [2.45, 2.75) is 39.2 Å². The van der Waals surface area contributed by atoms with E-state index in [1.54, 1.807) is 6.20 Å². The molecule has 1 fully saturated rings. The highest BCUT2D eigenvalue weighted by molar-refractivity contribution is 5.95. The topological polar surface area (TPSA) is 93.2 Å². The van der Waals surface area contributed by atoms with Gasteiger partial charge in [-0.2, -0.15) is 5.10 Å². The molecule has 1 aliphatic heterocycles. The molecule has 1 aromatic heterocycles. The van der Waals surface area contributed by atoms with E-state index in [4.69, 9.17) is 5.73 Å². The number of nitrogens with zero attached hydrogens (tertiary/aromatic N) is 3. The number of hydrogen-bond acceptors (Lipinski definition) is 4. The van der Waals surface area contributed by atoms with E-state index in [-0.39, 0.29) is 17.7 Å². The van der Waals surface area contributed by atoms with Crippen LogP contribution in [0.1, 0.15) is 47.8 Å². The molecule has 2 aromatic carbocycles. The Bertz CT molecular complexity index is 1090. The SMILES string of the molecule is CCCc1c(C(=O)NCc2ccc(N3CCCC(C(N)=O)C3)cc2)cnn1-c1ccccc1. The molecule has 0 aliphatic carbocycles. The number of benzene rings is 2. The Morgan fingerprint density at radius 2 is 1.85 bits per heavy atom. The molecule has 2 amide bonds. The summed E-state index contributed by atoms with van der Waals surface area (Å²) in [5.41, 5.74) is 10.1. The van der Waals surface area contributed by atoms with Crippen LogP contribution in [0.2, 0.25) is 0 Å². The van der Waals surface area contributed by atoms with Crippen LogP contribution in [0.3, 0.4) is 0 Å². The van der Waals surface area contributed by atoms with Gasteiger partial charge in [0.05, 0.1) is 29.1 Å². The number of hydrogen-bond donors (Lipinski definition) is 2. The summed E-state index contributed by atoms with van der Waals surface area (Å²) in [7, 11) is 0. The molecule has 7 nitrogen and oxygen atoms in total. The lowest BCUT2D eigenvalue weighted by Gasteiger charge is -2.33. The summed E-state index contributed by atoms with van der Waals surface area (Å²) in [5, 5.41) is 7.51. The molecule has 7 heteroatoms. The highest BCUT2D eigenvalue weighted by atomic mass is 16.2. The number of para-hydroxylation sites is 1. The molecular formula is C26H31N5O2. The number of carbonyl (C=O) groups is 2. The van der Waals surface area contributed by atoms with Gasteiger partial charge in [0.1, 0.15) is 0 Å². The van der Waals surface area contributed by atoms with Gasteiger partial charge in [0.15, 0.2) is 0 Å². The van der Waals surface area contributed by atoms with Crippen molar-refractivity contribution in [2.24, 2.45) is 11.7 Å². The van der Waals surface area contributed by atoms with Crippen LogP contribution in [0.5, 0.6) is 0 Å². The van der Waals surface area contributed by atoms with Crippen molar-refractivity contribution in [1.29, 1.82) is 0 Å². The summed E-state index contributed by atoms with van der Waals surface area (Å²) < 4.78 is 1.85. The summed E-state index contributed by atoms with van der Waals surface area (Å²) in [6.45, 7) is 4.12. The van der Waals surface area contributed by atoms with Crippen molar-refractivity contribution in [3.63, 3.8) is 0 Å². The van der Waals surface area contributed by atoms with Gasteiger partial charge in [-0.15, -0.1) is 0 Å². The smallest absolute Gasteiger partial charge is 0.255 e. The zero-order chi connectivity index (χ0) is 23.2. The Balaban J connectivity index is 1.41. The fraction of sp³-hybridized carbons (Fsp3) is 0.346. The largest absolute Gasteiger partial charge is 0.371 e. The second kappa shape index (κ2) is 10.3. The lowest BCUT2D eigenvalue weighted by atomic mass is 9.97. The quantitative estimate of drug-likeness (QED) is 0.555. The van der Waals surface area contributed by atoms with Crippen LogP contribution >= 0.6 is 0 Å². The molecule has 0 saturated carbocycles. The van der Waals surface area contributed by atoms with E-state index in [0.717, 1.165) is 54.9 Å². The van der Waals surface area contributed by atoms with Crippen LogP contribution in [0, 0.1) is 5.92 Å². The third kappa shape index (κ3) is 5.25. The Hall–Kier alpha value is -3.61. The van der Waals surface area contributed by atoms with E-state index in [2.05, 4.69) is 22.2 Å². The molecule has 0 bridgehead atoms. The zero-order valence-corrected chi connectivity index (χ0v) is 19.0. The van der Waals surface area contributed by atoms with Gasteiger partial charge in [-0.25, -0.2) is 4.68 Å². The number of amides is 2. The average molecular weight is 446 g/mol. The molecule has 1 atom stereocenters. The van der Waals surface area contributed by atoms with Crippen LogP contribution in [-0.4, -0.2) is 34.7 Å². The third-order valence-electron chi connectivity index (χ3n) is 6.18. The van der Waals surface area contributed by atoms with Crippen LogP contribution < -0.4 is 16.0 Å². The van der Waals surface area contributed by atoms with Crippen LogP contribution in [0.15, 0.2) is 60.8 Å². The van der Waals surface area contributed by atoms with E-state index < -0.39 is 0 Å². The number of carbonyl (C=O) groups excluding carboxylic acids is 2. The van der Waals surface area contributed by atoms with Gasteiger partial charge in [0.25, 0.3) is 5.91 Å². The first kappa shape index (κ1) is 22.6. The summed E-state index contributed by atoms with van der Waals surface area (Å²) in [6, 6.07) is 18.0. The van der Waals surface area contributed by atoms with Gasteiger partial charge in [-0.1, -0.05) is 43.7 Å². The fourth-order valence-electron chi connectivity index (χ4n) is 4.38. The first-order valence-electron chi connectivity index (χ1n) is 11.6. The highest BCUT2D eigenvalue weighted by Crippen LogP contribution is 2.23. The Morgan fingerprint density at radius 3 is 2.55 bits per heavy atom. The predicted molar refractivity (Wildman–Crippen MR) is 129 cm³/mol. The number of aromatic nitrogens is 2. The molecule has 4 rings (SSSR count). The number of primary amides is 1. The Morgan fingerprint density at radius 1 is 1.09 bits per heavy atom. The minimum Gasteiger partial charge on any atom is -0.371 e. The highest BCUT2D eigenvalue weighted by Gasteiger charge is 2.24. The van der Waals surface area contributed by atoms with Crippen LogP contribution in [0.25, 0.3) is 5.69 Å². The number of piperidine rings is 1. The molecule has 1 saturated heterocycles. The van der Waals surface area contributed by atoms with Crippen LogP contribution in [-0.2, 0) is 17.8 Å². The van der Waals surface area contributed by atoms with Gasteiger partial charge in [0, 0.05) is 25.3 Å². The minimum atomic E-state index is -0.225. The molecule has 1 aliphatic rings. The van der Waals surface area contributed by atoms with Crippen molar-refractivity contribution in [3.8, 4) is 5.69 Å². The molecule has 0 radical (unpaired) electrons. The van der Waals surface area contributed by atoms with E-state index in [1.807, 2.05) is 59.3 Å². The first-order chi connectivity index (χ1) is 16.1. The van der Waals surface area contributed by atoms with Crippen molar-refractivity contribution in [2.75, 3.05) is 18.0 Å². The Kier molecular flexibility index (Phi) is 7.07. The maximum absolute atomic E-state index is 13.0. The van der Waals surface area contributed by atoms with E-state index in [0.29, 0.717) is 18.7 Å². The second-order valence-electron chi connectivity index (χ2n) is 8.54. The molecule has 1 unspecified atom stereocenters. The molecule has 172 valence electrons. The fourth-order valence-corrected chi connectivity index (χ4v) is 4.38. The van der Waals surface area contributed by atoms with Crippen LogP contribution in [0.4, 0.5) is 5.69 Å². The Labute approximate surface area is 194 Å². The number of nitrogens with one attached hydrogen (secondary N) is 1. The van der Waals surface area contributed by atoms with E-state index in [1.165, 1.54) is 0 Å². The summed E-state index contributed by atoms with van der Waals surface area (Å²) >= 11 is 0. The summed E-state index contributed by atoms with van der Waals surface area (Å²) in [6.07, 6.45) is 5.17. The minimum absolute atomic E-state index is 0.0909. The van der Waals surface area contributed by atoms with Gasteiger partial charge >= 0.3 is 0 Å². The molecule has 0 spiro atoms. The predicted octanol–water partition coefficient (Wildman–Crippen LogP) is 3.46. The van der Waals surface area contributed by atoms with Gasteiger partial charge in [0.2, 0.25) is 5.91 Å². The number of nitrogens with two attached hydrogens (primary N) is 1. The van der Waals surface area contributed by atoms with E-state index >= 15 is 0 Å². The first-order valence-corrected chi connectivity index (χ1v) is 11.6. The maximum atomic E-state index is 13.0. The molecule has 3 aromatic rings. The van der Waals surface area contributed by atoms with E-state index in [9.17, 15) is 9.59 Å². The maximum Gasteiger partial charge on any atom is 0.255 e. The van der Waals surface area contributed by atoms with Gasteiger partial charge in [-0.3, -0.25) is 9.59 Å². The summed E-state index contributed by atoms with van der Waals surface area (Å²) in [4.78, 5) is 26.7. The zero-order valence-electron chi connectivity index (χ0n) is 19.0. The van der Waals surface area contributed by atoms with Crippen molar-refractivity contribution >= 4 is 17.5 Å². The van der Waals surface area contributed by atoms with Crippen molar-refractivity contribution < 1.29 is 9.59 Å². The lowest BCUT2D eigenvalue weighted by Crippen LogP contribution is -2.41. The molecule has 2 heterocycles. The average Bonchev–Trinajstić information content (AvgIpc) is 3.27. The summed E-state index contributed by atoms with van der Waals surface area (Å²) in [5.74, 6) is -0.436. The standard InChI is InChI=1S/C26H31N5O2/c1-2-7-24-23(17-29-31(24)22-9-4-3-5-10-22)26(33)28-16-19-11-13-21(14-12-19)30-15-6-8-20(18-30)25(27)32/h3-5,9-14,17,20H,2,6-8,15-16,18H2,1H3,(H2,27,32)(H,28,33). The van der Waals surface area contributed by atoms with Crippen molar-refractivity contribution in [1.82, 2.24) is 15.1 Å². The van der Waals surface area contributed by atoms with Gasteiger partial charge < -0.3 is 16.0 Å². The second-order valence-corrected chi connectivity index (χ2v) is 8.54. The third-order valence-corrected chi connectivity index (χ3v) is 6.18. The number of rotatable bonds is 8. The van der Waals surface area contributed by atoms with Crippen molar-refractivity contribution in [3.05, 3.63) is 77.6 Å². The lowest BCUT2D eigenvalue weighted by molar-refractivity contribution is -0.122. The monoisotopic (exact) mass is 445 g/mol. The normalized spacial score (nSPS) is 15.9.